The Morgan fingerprint density at radius 1 is 0.875 bits per heavy atom. The fourth-order valence-electron chi connectivity index (χ4n) is 3.13. The number of rotatable bonds is 14. The molecule has 1 unspecified atom stereocenters. The second kappa shape index (κ2) is 14.3. The minimum atomic E-state index is 0.446. The molecule has 0 heteroatoms. The second-order valence-corrected chi connectivity index (χ2v) is 7.23. The van der Waals surface area contributed by atoms with Crippen LogP contribution in [0.3, 0.4) is 0 Å². The molecule has 0 bridgehead atoms. The smallest absolute Gasteiger partial charge is 0.0230 e. The third kappa shape index (κ3) is 10.7. The SMILES string of the molecule is [CH2]C(C=Cc1cccc(CCCCCCCCCC)c1)CCCC. The van der Waals surface area contributed by atoms with Crippen LogP contribution in [0.2, 0.25) is 0 Å². The lowest BCUT2D eigenvalue weighted by molar-refractivity contribution is 0.575. The van der Waals surface area contributed by atoms with E-state index in [9.17, 15) is 0 Å². The maximum atomic E-state index is 4.22. The Labute approximate surface area is 151 Å². The van der Waals surface area contributed by atoms with Gasteiger partial charge in [0.15, 0.2) is 0 Å². The Hall–Kier alpha value is -1.04. The second-order valence-electron chi connectivity index (χ2n) is 7.23. The van der Waals surface area contributed by atoms with E-state index in [0.717, 1.165) is 0 Å². The van der Waals surface area contributed by atoms with E-state index in [1.165, 1.54) is 88.2 Å². The molecule has 0 fully saturated rings. The first-order valence-electron chi connectivity index (χ1n) is 10.4. The van der Waals surface area contributed by atoms with Crippen LogP contribution >= 0.6 is 0 Å². The van der Waals surface area contributed by atoms with Gasteiger partial charge < -0.3 is 0 Å². The van der Waals surface area contributed by atoms with E-state index in [0.29, 0.717) is 5.92 Å². The summed E-state index contributed by atoms with van der Waals surface area (Å²) in [6, 6.07) is 9.03. The fourth-order valence-corrected chi connectivity index (χ4v) is 3.13. The van der Waals surface area contributed by atoms with Gasteiger partial charge in [0.25, 0.3) is 0 Å². The number of hydrogen-bond acceptors (Lipinski definition) is 0. The van der Waals surface area contributed by atoms with Gasteiger partial charge in [-0.1, -0.05) is 108 Å². The highest BCUT2D eigenvalue weighted by Crippen LogP contribution is 2.15. The van der Waals surface area contributed by atoms with Crippen LogP contribution in [-0.4, -0.2) is 0 Å². The Morgan fingerprint density at radius 2 is 1.54 bits per heavy atom. The van der Waals surface area contributed by atoms with Crippen LogP contribution in [0.1, 0.15) is 95.6 Å². The normalized spacial score (nSPS) is 12.8. The Bertz CT molecular complexity index is 429. The minimum absolute atomic E-state index is 0.446. The van der Waals surface area contributed by atoms with E-state index in [2.05, 4.69) is 57.2 Å². The van der Waals surface area contributed by atoms with E-state index < -0.39 is 0 Å². The van der Waals surface area contributed by atoms with Crippen molar-refractivity contribution in [1.29, 1.82) is 0 Å². The fraction of sp³-hybridized carbons (Fsp3) is 0.625. The van der Waals surface area contributed by atoms with Gasteiger partial charge in [-0.3, -0.25) is 0 Å². The highest BCUT2D eigenvalue weighted by molar-refractivity contribution is 5.50. The highest BCUT2D eigenvalue weighted by atomic mass is 14.0. The van der Waals surface area contributed by atoms with Crippen molar-refractivity contribution in [1.82, 2.24) is 0 Å². The molecule has 1 rings (SSSR count). The summed E-state index contributed by atoms with van der Waals surface area (Å²) in [5.41, 5.74) is 2.81. The monoisotopic (exact) mass is 327 g/mol. The molecule has 0 aliphatic heterocycles. The van der Waals surface area contributed by atoms with Gasteiger partial charge in [-0.2, -0.15) is 0 Å². The summed E-state index contributed by atoms with van der Waals surface area (Å²) in [4.78, 5) is 0. The Kier molecular flexibility index (Phi) is 12.5. The van der Waals surface area contributed by atoms with Gasteiger partial charge in [0, 0.05) is 0 Å². The summed E-state index contributed by atoms with van der Waals surface area (Å²) in [5.74, 6) is 0.446. The van der Waals surface area contributed by atoms with Crippen molar-refractivity contribution in [2.45, 2.75) is 90.9 Å². The van der Waals surface area contributed by atoms with E-state index in [1.54, 1.807) is 0 Å². The van der Waals surface area contributed by atoms with Crippen molar-refractivity contribution < 1.29 is 0 Å². The molecule has 0 spiro atoms. The third-order valence-electron chi connectivity index (χ3n) is 4.76. The molecule has 1 aromatic rings. The third-order valence-corrected chi connectivity index (χ3v) is 4.76. The number of aryl methyl sites for hydroxylation is 1. The Morgan fingerprint density at radius 3 is 2.25 bits per heavy atom. The molecule has 0 heterocycles. The van der Waals surface area contributed by atoms with E-state index >= 15 is 0 Å². The summed E-state index contributed by atoms with van der Waals surface area (Å²) in [5, 5.41) is 0. The van der Waals surface area contributed by atoms with Crippen molar-refractivity contribution in [2.24, 2.45) is 5.92 Å². The lowest BCUT2D eigenvalue weighted by Crippen LogP contribution is -1.90. The molecular weight excluding hydrogens is 288 g/mol. The molecule has 1 aromatic carbocycles. The van der Waals surface area contributed by atoms with Crippen LogP contribution < -0.4 is 0 Å². The lowest BCUT2D eigenvalue weighted by Gasteiger charge is -2.06. The van der Waals surface area contributed by atoms with Crippen LogP contribution in [0.5, 0.6) is 0 Å². The molecule has 0 amide bonds. The van der Waals surface area contributed by atoms with Crippen molar-refractivity contribution in [3.8, 4) is 0 Å². The average Bonchev–Trinajstić information content (AvgIpc) is 2.61. The van der Waals surface area contributed by atoms with E-state index in [1.807, 2.05) is 0 Å². The lowest BCUT2D eigenvalue weighted by atomic mass is 10.0. The molecule has 0 aromatic heterocycles. The van der Waals surface area contributed by atoms with E-state index in [4.69, 9.17) is 0 Å². The molecule has 0 aliphatic rings. The minimum Gasteiger partial charge on any atom is -0.0808 e. The molecule has 1 radical (unpaired) electrons. The van der Waals surface area contributed by atoms with Crippen LogP contribution in [0.25, 0.3) is 6.08 Å². The maximum Gasteiger partial charge on any atom is -0.0230 e. The van der Waals surface area contributed by atoms with Gasteiger partial charge in [0.2, 0.25) is 0 Å². The number of benzene rings is 1. The summed E-state index contributed by atoms with van der Waals surface area (Å²) in [6.45, 7) is 8.75. The molecule has 0 saturated carbocycles. The molecule has 0 N–H and O–H groups in total. The summed E-state index contributed by atoms with van der Waals surface area (Å²) in [7, 11) is 0. The Balaban J connectivity index is 2.23. The van der Waals surface area contributed by atoms with Gasteiger partial charge in [-0.05, 0) is 43.2 Å². The van der Waals surface area contributed by atoms with Gasteiger partial charge in [-0.15, -0.1) is 0 Å². The standard InChI is InChI=1S/C24H39/c1-4-6-8-9-10-11-12-13-16-23-17-14-18-24(21-23)20-19-22(3)15-7-5-2/h14,17-22H,3-13,15-16H2,1-2H3. The van der Waals surface area contributed by atoms with Crippen LogP contribution in [0.4, 0.5) is 0 Å². The predicted molar refractivity (Wildman–Crippen MR) is 110 cm³/mol. The zero-order valence-corrected chi connectivity index (χ0v) is 16.2. The summed E-state index contributed by atoms with van der Waals surface area (Å²) in [6.07, 6.45) is 20.6. The molecule has 135 valence electrons. The van der Waals surface area contributed by atoms with E-state index in [-0.39, 0.29) is 0 Å². The predicted octanol–water partition coefficient (Wildman–Crippen LogP) is 8.02. The maximum absolute atomic E-state index is 4.22. The largest absolute Gasteiger partial charge is 0.0808 e. The first kappa shape index (κ1) is 21.0. The zero-order chi connectivity index (χ0) is 17.5. The zero-order valence-electron chi connectivity index (χ0n) is 16.2. The van der Waals surface area contributed by atoms with Gasteiger partial charge >= 0.3 is 0 Å². The first-order chi connectivity index (χ1) is 11.8. The molecule has 24 heavy (non-hydrogen) atoms. The number of allylic oxidation sites excluding steroid dienone is 1. The van der Waals surface area contributed by atoms with Crippen molar-refractivity contribution in [2.75, 3.05) is 0 Å². The molecule has 1 atom stereocenters. The first-order valence-corrected chi connectivity index (χ1v) is 10.4. The van der Waals surface area contributed by atoms with Gasteiger partial charge in [-0.25, -0.2) is 0 Å². The van der Waals surface area contributed by atoms with Crippen molar-refractivity contribution in [3.63, 3.8) is 0 Å². The van der Waals surface area contributed by atoms with Crippen LogP contribution in [0, 0.1) is 12.8 Å². The summed E-state index contributed by atoms with van der Waals surface area (Å²) < 4.78 is 0. The number of hydrogen-bond donors (Lipinski definition) is 0. The number of unbranched alkanes of at least 4 members (excludes halogenated alkanes) is 8. The van der Waals surface area contributed by atoms with Crippen molar-refractivity contribution in [3.05, 3.63) is 48.4 Å². The molecule has 0 aliphatic carbocycles. The highest BCUT2D eigenvalue weighted by Gasteiger charge is 1.98. The average molecular weight is 328 g/mol. The van der Waals surface area contributed by atoms with Crippen LogP contribution in [-0.2, 0) is 6.42 Å². The van der Waals surface area contributed by atoms with Crippen molar-refractivity contribution >= 4 is 6.08 Å². The molecule has 0 saturated heterocycles. The molecule has 0 nitrogen and oxygen atoms in total. The van der Waals surface area contributed by atoms with Crippen LogP contribution in [0.15, 0.2) is 30.3 Å². The molecular formula is C24H39. The quantitative estimate of drug-likeness (QED) is 0.303. The van der Waals surface area contributed by atoms with Gasteiger partial charge in [0.1, 0.15) is 0 Å². The summed E-state index contributed by atoms with van der Waals surface area (Å²) >= 11 is 0. The van der Waals surface area contributed by atoms with Gasteiger partial charge in [0.05, 0.1) is 0 Å². The topological polar surface area (TPSA) is 0 Å².